The third-order valence-corrected chi connectivity index (χ3v) is 3.92. The maximum atomic E-state index is 12.8. The zero-order chi connectivity index (χ0) is 14.4. The molecule has 1 fully saturated rings. The van der Waals surface area contributed by atoms with Gasteiger partial charge in [0.15, 0.2) is 5.78 Å². The van der Waals surface area contributed by atoms with Gasteiger partial charge in [0.1, 0.15) is 5.82 Å². The minimum absolute atomic E-state index is 0.0979. The van der Waals surface area contributed by atoms with E-state index in [1.165, 1.54) is 25.0 Å². The Morgan fingerprint density at radius 1 is 1.40 bits per heavy atom. The summed E-state index contributed by atoms with van der Waals surface area (Å²) in [6, 6.07) is 5.82. The van der Waals surface area contributed by atoms with Crippen molar-refractivity contribution in [3.05, 3.63) is 35.6 Å². The summed E-state index contributed by atoms with van der Waals surface area (Å²) >= 11 is 0. The molecule has 4 heteroatoms. The number of halogens is 1. The molecule has 0 aromatic heterocycles. The Morgan fingerprint density at radius 3 is 2.85 bits per heavy atom. The van der Waals surface area contributed by atoms with Gasteiger partial charge < -0.3 is 10.2 Å². The number of carbonyl (C=O) groups is 1. The normalized spacial score (nSPS) is 20.0. The van der Waals surface area contributed by atoms with Crippen LogP contribution in [0.2, 0.25) is 0 Å². The number of benzene rings is 1. The van der Waals surface area contributed by atoms with Crippen LogP contribution in [0.15, 0.2) is 24.3 Å². The van der Waals surface area contributed by atoms with Crippen LogP contribution in [0.5, 0.6) is 0 Å². The first kappa shape index (κ1) is 15.1. The van der Waals surface area contributed by atoms with Gasteiger partial charge in [-0.3, -0.25) is 4.79 Å². The molecular formula is C16H23FN2O. The SMILES string of the molecule is CNCC1CCCN(CCC(=O)c2ccc(F)cc2)C1. The van der Waals surface area contributed by atoms with E-state index in [2.05, 4.69) is 10.2 Å². The number of ketones is 1. The number of hydrogen-bond donors (Lipinski definition) is 1. The molecule has 1 heterocycles. The van der Waals surface area contributed by atoms with E-state index in [9.17, 15) is 9.18 Å². The van der Waals surface area contributed by atoms with Crippen LogP contribution in [0.4, 0.5) is 4.39 Å². The van der Waals surface area contributed by atoms with Crippen molar-refractivity contribution in [2.24, 2.45) is 5.92 Å². The van der Waals surface area contributed by atoms with Gasteiger partial charge in [0.05, 0.1) is 0 Å². The fourth-order valence-corrected chi connectivity index (χ4v) is 2.85. The highest BCUT2D eigenvalue weighted by Gasteiger charge is 2.19. The molecular weight excluding hydrogens is 255 g/mol. The molecule has 1 saturated heterocycles. The van der Waals surface area contributed by atoms with Gasteiger partial charge in [-0.15, -0.1) is 0 Å². The fourth-order valence-electron chi connectivity index (χ4n) is 2.85. The molecule has 1 aliphatic heterocycles. The summed E-state index contributed by atoms with van der Waals surface area (Å²) in [5, 5.41) is 3.22. The van der Waals surface area contributed by atoms with Gasteiger partial charge in [0, 0.05) is 25.1 Å². The third kappa shape index (κ3) is 4.39. The lowest BCUT2D eigenvalue weighted by Crippen LogP contribution is -2.39. The largest absolute Gasteiger partial charge is 0.319 e. The van der Waals surface area contributed by atoms with E-state index in [1.807, 2.05) is 7.05 Å². The number of nitrogens with one attached hydrogen (secondary N) is 1. The highest BCUT2D eigenvalue weighted by atomic mass is 19.1. The second kappa shape index (κ2) is 7.50. The molecule has 20 heavy (non-hydrogen) atoms. The Bertz CT molecular complexity index is 431. The van der Waals surface area contributed by atoms with Gasteiger partial charge in [0.25, 0.3) is 0 Å². The highest BCUT2D eigenvalue weighted by molar-refractivity contribution is 5.96. The Morgan fingerprint density at radius 2 is 2.15 bits per heavy atom. The van der Waals surface area contributed by atoms with Gasteiger partial charge in [-0.1, -0.05) is 0 Å². The topological polar surface area (TPSA) is 32.3 Å². The van der Waals surface area contributed by atoms with Crippen LogP contribution in [-0.4, -0.2) is 43.9 Å². The van der Waals surface area contributed by atoms with Crippen LogP contribution in [0.25, 0.3) is 0 Å². The molecule has 0 bridgehead atoms. The lowest BCUT2D eigenvalue weighted by molar-refractivity contribution is 0.0946. The van der Waals surface area contributed by atoms with Crippen LogP contribution >= 0.6 is 0 Å². The summed E-state index contributed by atoms with van der Waals surface area (Å²) in [6.45, 7) is 3.99. The van der Waals surface area contributed by atoms with Crippen molar-refractivity contribution in [3.8, 4) is 0 Å². The maximum absolute atomic E-state index is 12.8. The molecule has 110 valence electrons. The van der Waals surface area contributed by atoms with Gasteiger partial charge in [0.2, 0.25) is 0 Å². The van der Waals surface area contributed by atoms with Crippen molar-refractivity contribution < 1.29 is 9.18 Å². The van der Waals surface area contributed by atoms with E-state index in [1.54, 1.807) is 12.1 Å². The van der Waals surface area contributed by atoms with Crippen molar-refractivity contribution in [1.82, 2.24) is 10.2 Å². The summed E-state index contributed by atoms with van der Waals surface area (Å²) < 4.78 is 12.8. The molecule has 0 spiro atoms. The number of rotatable bonds is 6. The predicted octanol–water partition coefficient (Wildman–Crippen LogP) is 2.33. The van der Waals surface area contributed by atoms with Crippen LogP contribution in [0, 0.1) is 11.7 Å². The summed E-state index contributed by atoms with van der Waals surface area (Å²) in [4.78, 5) is 14.4. The zero-order valence-electron chi connectivity index (χ0n) is 12.1. The standard InChI is InChI=1S/C16H23FN2O/c1-18-11-13-3-2-9-19(12-13)10-8-16(20)14-4-6-15(17)7-5-14/h4-7,13,18H,2-3,8-12H2,1H3. The van der Waals surface area contributed by atoms with Crippen molar-refractivity contribution in [3.63, 3.8) is 0 Å². The Balaban J connectivity index is 1.79. The molecule has 0 amide bonds. The van der Waals surface area contributed by atoms with E-state index in [-0.39, 0.29) is 11.6 Å². The first-order chi connectivity index (χ1) is 9.69. The summed E-state index contributed by atoms with van der Waals surface area (Å²) in [5.41, 5.74) is 0.607. The van der Waals surface area contributed by atoms with Crippen molar-refractivity contribution in [2.45, 2.75) is 19.3 Å². The summed E-state index contributed by atoms with van der Waals surface area (Å²) in [5.74, 6) is 0.489. The van der Waals surface area contributed by atoms with Crippen LogP contribution < -0.4 is 5.32 Å². The lowest BCUT2D eigenvalue weighted by Gasteiger charge is -2.32. The van der Waals surface area contributed by atoms with Gasteiger partial charge in [-0.2, -0.15) is 0 Å². The van der Waals surface area contributed by atoms with Crippen LogP contribution in [-0.2, 0) is 0 Å². The molecule has 1 atom stereocenters. The molecule has 1 aliphatic rings. The molecule has 0 saturated carbocycles. The number of nitrogens with zero attached hydrogens (tertiary/aromatic N) is 1. The molecule has 3 nitrogen and oxygen atoms in total. The summed E-state index contributed by atoms with van der Waals surface area (Å²) in [7, 11) is 1.98. The summed E-state index contributed by atoms with van der Waals surface area (Å²) in [6.07, 6.45) is 2.98. The second-order valence-electron chi connectivity index (χ2n) is 5.55. The van der Waals surface area contributed by atoms with Crippen molar-refractivity contribution in [1.29, 1.82) is 0 Å². The smallest absolute Gasteiger partial charge is 0.164 e. The van der Waals surface area contributed by atoms with Crippen LogP contribution in [0.1, 0.15) is 29.6 Å². The molecule has 1 N–H and O–H groups in total. The molecule has 1 unspecified atom stereocenters. The minimum atomic E-state index is -0.299. The second-order valence-corrected chi connectivity index (χ2v) is 5.55. The quantitative estimate of drug-likeness (QED) is 0.811. The molecule has 1 aromatic carbocycles. The fraction of sp³-hybridized carbons (Fsp3) is 0.562. The first-order valence-electron chi connectivity index (χ1n) is 7.35. The first-order valence-corrected chi connectivity index (χ1v) is 7.35. The van der Waals surface area contributed by atoms with Gasteiger partial charge in [-0.05, 0) is 63.2 Å². The number of piperidine rings is 1. The Kier molecular flexibility index (Phi) is 5.68. The molecule has 0 radical (unpaired) electrons. The average molecular weight is 278 g/mol. The van der Waals surface area contributed by atoms with E-state index in [4.69, 9.17) is 0 Å². The number of hydrogen-bond acceptors (Lipinski definition) is 3. The Labute approximate surface area is 120 Å². The van der Waals surface area contributed by atoms with Gasteiger partial charge >= 0.3 is 0 Å². The Hall–Kier alpha value is -1.26. The zero-order valence-corrected chi connectivity index (χ0v) is 12.1. The molecule has 2 rings (SSSR count). The van der Waals surface area contributed by atoms with E-state index >= 15 is 0 Å². The number of carbonyl (C=O) groups excluding carboxylic acids is 1. The lowest BCUT2D eigenvalue weighted by atomic mass is 9.97. The van der Waals surface area contributed by atoms with E-state index in [0.717, 1.165) is 26.2 Å². The maximum Gasteiger partial charge on any atom is 0.164 e. The highest BCUT2D eigenvalue weighted by Crippen LogP contribution is 2.16. The van der Waals surface area contributed by atoms with Gasteiger partial charge in [-0.25, -0.2) is 4.39 Å². The molecule has 0 aliphatic carbocycles. The van der Waals surface area contributed by atoms with E-state index in [0.29, 0.717) is 17.9 Å². The van der Waals surface area contributed by atoms with Crippen LogP contribution in [0.3, 0.4) is 0 Å². The van der Waals surface area contributed by atoms with E-state index < -0.39 is 0 Å². The number of Topliss-reactive ketones (excluding diaryl/α,β-unsaturated/α-hetero) is 1. The third-order valence-electron chi connectivity index (χ3n) is 3.92. The molecule has 1 aromatic rings. The minimum Gasteiger partial charge on any atom is -0.319 e. The van der Waals surface area contributed by atoms with Crippen molar-refractivity contribution in [2.75, 3.05) is 33.2 Å². The number of likely N-dealkylation sites (tertiary alicyclic amines) is 1. The predicted molar refractivity (Wildman–Crippen MR) is 78.4 cm³/mol. The monoisotopic (exact) mass is 278 g/mol. The van der Waals surface area contributed by atoms with Crippen molar-refractivity contribution >= 4 is 5.78 Å². The average Bonchev–Trinajstić information content (AvgIpc) is 2.46.